The van der Waals surface area contributed by atoms with Gasteiger partial charge in [0.1, 0.15) is 11.6 Å². The Morgan fingerprint density at radius 3 is 2.50 bits per heavy atom. The second-order valence-electron chi connectivity index (χ2n) is 4.94. The van der Waals surface area contributed by atoms with Crippen molar-refractivity contribution in [3.63, 3.8) is 0 Å². The maximum absolute atomic E-state index is 12.8. The van der Waals surface area contributed by atoms with E-state index in [1.165, 1.54) is 24.3 Å². The van der Waals surface area contributed by atoms with Crippen LogP contribution in [-0.4, -0.2) is 21.1 Å². The highest BCUT2D eigenvalue weighted by Gasteiger charge is 2.09. The molecule has 0 aliphatic heterocycles. The molecule has 0 aliphatic carbocycles. The van der Waals surface area contributed by atoms with Gasteiger partial charge in [-0.25, -0.2) is 4.39 Å². The maximum Gasteiger partial charge on any atom is 0.276 e. The van der Waals surface area contributed by atoms with Gasteiger partial charge in [-0.1, -0.05) is 6.07 Å². The number of nitrogens with one attached hydrogen (secondary N) is 2. The van der Waals surface area contributed by atoms with Gasteiger partial charge < -0.3 is 10.6 Å². The highest BCUT2D eigenvalue weighted by atomic mass is 19.1. The average Bonchev–Trinajstić information content (AvgIpc) is 2.63. The minimum absolute atomic E-state index is 0.169. The lowest BCUT2D eigenvalue weighted by Gasteiger charge is -2.06. The van der Waals surface area contributed by atoms with Crippen molar-refractivity contribution < 1.29 is 9.18 Å². The Morgan fingerprint density at radius 2 is 1.83 bits per heavy atom. The van der Waals surface area contributed by atoms with Crippen LogP contribution in [-0.2, 0) is 6.54 Å². The number of hydrogen-bond acceptors (Lipinski definition) is 5. The number of pyridine rings is 1. The van der Waals surface area contributed by atoms with E-state index >= 15 is 0 Å². The molecule has 3 rings (SSSR count). The SMILES string of the molecule is O=C(Nc1ccc(F)cc1)c1ccc(NCc2ccccn2)nn1. The molecule has 2 N–H and O–H groups in total. The third-order valence-electron chi connectivity index (χ3n) is 3.18. The third-order valence-corrected chi connectivity index (χ3v) is 3.18. The molecule has 0 spiro atoms. The highest BCUT2D eigenvalue weighted by Crippen LogP contribution is 2.10. The molecule has 120 valence electrons. The molecule has 0 saturated heterocycles. The fourth-order valence-electron chi connectivity index (χ4n) is 1.96. The van der Waals surface area contributed by atoms with Crippen molar-refractivity contribution in [2.45, 2.75) is 6.54 Å². The van der Waals surface area contributed by atoms with Gasteiger partial charge in [0.05, 0.1) is 12.2 Å². The summed E-state index contributed by atoms with van der Waals surface area (Å²) in [5, 5.41) is 13.5. The lowest BCUT2D eigenvalue weighted by Crippen LogP contribution is -2.15. The van der Waals surface area contributed by atoms with Gasteiger partial charge in [0.2, 0.25) is 0 Å². The first-order valence-electron chi connectivity index (χ1n) is 7.25. The Kier molecular flexibility index (Phi) is 4.71. The fraction of sp³-hybridized carbons (Fsp3) is 0.0588. The molecule has 0 fully saturated rings. The normalized spacial score (nSPS) is 10.2. The van der Waals surface area contributed by atoms with Gasteiger partial charge in [0.15, 0.2) is 5.69 Å². The molecule has 0 saturated carbocycles. The van der Waals surface area contributed by atoms with E-state index in [4.69, 9.17) is 0 Å². The van der Waals surface area contributed by atoms with Crippen LogP contribution in [0.15, 0.2) is 60.8 Å². The second kappa shape index (κ2) is 7.28. The molecule has 0 unspecified atom stereocenters. The molecule has 1 amide bonds. The molecular formula is C17H14FN5O. The van der Waals surface area contributed by atoms with Crippen LogP contribution in [0.5, 0.6) is 0 Å². The van der Waals surface area contributed by atoms with Crippen LogP contribution in [0.3, 0.4) is 0 Å². The van der Waals surface area contributed by atoms with Crippen molar-refractivity contribution in [3.8, 4) is 0 Å². The molecule has 2 aromatic heterocycles. The van der Waals surface area contributed by atoms with E-state index in [1.807, 2.05) is 18.2 Å². The summed E-state index contributed by atoms with van der Waals surface area (Å²) in [5.41, 5.74) is 1.53. The molecule has 24 heavy (non-hydrogen) atoms. The van der Waals surface area contributed by atoms with Crippen LogP contribution in [0.4, 0.5) is 15.9 Å². The smallest absolute Gasteiger partial charge is 0.276 e. The van der Waals surface area contributed by atoms with E-state index in [9.17, 15) is 9.18 Å². The molecule has 0 radical (unpaired) electrons. The third kappa shape index (κ3) is 4.10. The Labute approximate surface area is 137 Å². The van der Waals surface area contributed by atoms with Crippen molar-refractivity contribution in [2.75, 3.05) is 10.6 Å². The van der Waals surface area contributed by atoms with E-state index in [2.05, 4.69) is 25.8 Å². The summed E-state index contributed by atoms with van der Waals surface area (Å²) in [5.74, 6) is -0.236. The summed E-state index contributed by atoms with van der Waals surface area (Å²) in [7, 11) is 0. The standard InChI is InChI=1S/C17H14FN5O/c18-12-4-6-13(7-5-12)21-17(24)15-8-9-16(23-22-15)20-11-14-3-1-2-10-19-14/h1-10H,11H2,(H,20,23)(H,21,24). The number of carbonyl (C=O) groups is 1. The average molecular weight is 323 g/mol. The first-order valence-corrected chi connectivity index (χ1v) is 7.25. The fourth-order valence-corrected chi connectivity index (χ4v) is 1.96. The largest absolute Gasteiger partial charge is 0.363 e. The number of anilines is 2. The van der Waals surface area contributed by atoms with Crippen LogP contribution in [0.25, 0.3) is 0 Å². The van der Waals surface area contributed by atoms with Crippen LogP contribution in [0.1, 0.15) is 16.2 Å². The monoisotopic (exact) mass is 323 g/mol. The van der Waals surface area contributed by atoms with Gasteiger partial charge >= 0.3 is 0 Å². The molecule has 3 aromatic rings. The predicted octanol–water partition coefficient (Wildman–Crippen LogP) is 2.88. The Morgan fingerprint density at radius 1 is 1.00 bits per heavy atom. The number of halogens is 1. The topological polar surface area (TPSA) is 79.8 Å². The van der Waals surface area contributed by atoms with Crippen molar-refractivity contribution in [1.82, 2.24) is 15.2 Å². The quantitative estimate of drug-likeness (QED) is 0.755. The second-order valence-corrected chi connectivity index (χ2v) is 4.94. The molecule has 0 bridgehead atoms. The summed E-state index contributed by atoms with van der Waals surface area (Å²) in [6.45, 7) is 0.511. The molecular weight excluding hydrogens is 309 g/mol. The van der Waals surface area contributed by atoms with Gasteiger partial charge in [-0.2, -0.15) is 0 Å². The number of benzene rings is 1. The van der Waals surface area contributed by atoms with Crippen LogP contribution >= 0.6 is 0 Å². The van der Waals surface area contributed by atoms with E-state index in [1.54, 1.807) is 18.3 Å². The zero-order valence-electron chi connectivity index (χ0n) is 12.6. The first-order chi connectivity index (χ1) is 11.7. The molecule has 7 heteroatoms. The number of carbonyl (C=O) groups excluding carboxylic acids is 1. The zero-order valence-corrected chi connectivity index (χ0v) is 12.6. The van der Waals surface area contributed by atoms with Crippen molar-refractivity contribution in [1.29, 1.82) is 0 Å². The first kappa shape index (κ1) is 15.5. The summed E-state index contributed by atoms with van der Waals surface area (Å²) < 4.78 is 12.8. The lowest BCUT2D eigenvalue weighted by atomic mass is 10.3. The molecule has 2 heterocycles. The Hall–Kier alpha value is -3.35. The molecule has 1 aromatic carbocycles. The molecule has 0 atom stereocenters. The van der Waals surface area contributed by atoms with Gasteiger partial charge in [-0.05, 0) is 48.5 Å². The highest BCUT2D eigenvalue weighted by molar-refractivity contribution is 6.02. The summed E-state index contributed by atoms with van der Waals surface area (Å²) in [6.07, 6.45) is 1.71. The Balaban J connectivity index is 1.59. The van der Waals surface area contributed by atoms with Gasteiger partial charge in [-0.15, -0.1) is 10.2 Å². The number of nitrogens with zero attached hydrogens (tertiary/aromatic N) is 3. The zero-order chi connectivity index (χ0) is 16.8. The van der Waals surface area contributed by atoms with Crippen molar-refractivity contribution >= 4 is 17.4 Å². The summed E-state index contributed by atoms with van der Waals surface area (Å²) in [6, 6.07) is 14.4. The van der Waals surface area contributed by atoms with Gasteiger partial charge in [0.25, 0.3) is 5.91 Å². The number of amides is 1. The van der Waals surface area contributed by atoms with E-state index < -0.39 is 5.91 Å². The Bertz CT molecular complexity index is 807. The molecule has 0 aliphatic rings. The number of hydrogen-bond donors (Lipinski definition) is 2. The summed E-state index contributed by atoms with van der Waals surface area (Å²) in [4.78, 5) is 16.2. The van der Waals surface area contributed by atoms with E-state index in [-0.39, 0.29) is 11.5 Å². The van der Waals surface area contributed by atoms with Crippen molar-refractivity contribution in [3.05, 3.63) is 78.0 Å². The minimum atomic E-state index is -0.412. The number of aromatic nitrogens is 3. The van der Waals surface area contributed by atoms with E-state index in [0.717, 1.165) is 5.69 Å². The van der Waals surface area contributed by atoms with Crippen LogP contribution in [0.2, 0.25) is 0 Å². The minimum Gasteiger partial charge on any atom is -0.363 e. The number of rotatable bonds is 5. The molecule has 6 nitrogen and oxygen atoms in total. The van der Waals surface area contributed by atoms with Gasteiger partial charge in [-0.3, -0.25) is 9.78 Å². The maximum atomic E-state index is 12.8. The van der Waals surface area contributed by atoms with Crippen molar-refractivity contribution in [2.24, 2.45) is 0 Å². The van der Waals surface area contributed by atoms with Crippen LogP contribution < -0.4 is 10.6 Å². The predicted molar refractivity (Wildman–Crippen MR) is 87.9 cm³/mol. The summed E-state index contributed by atoms with van der Waals surface area (Å²) >= 11 is 0. The van der Waals surface area contributed by atoms with E-state index in [0.29, 0.717) is 18.1 Å². The van der Waals surface area contributed by atoms with Gasteiger partial charge in [0, 0.05) is 11.9 Å². The lowest BCUT2D eigenvalue weighted by molar-refractivity contribution is 0.102. The van der Waals surface area contributed by atoms with Crippen LogP contribution in [0, 0.1) is 5.82 Å².